The Morgan fingerprint density at radius 3 is 1.94 bits per heavy atom. The minimum atomic E-state index is -1.16. The summed E-state index contributed by atoms with van der Waals surface area (Å²) in [4.78, 5) is 59.1. The van der Waals surface area contributed by atoms with E-state index in [-0.39, 0.29) is 31.6 Å². The van der Waals surface area contributed by atoms with Crippen molar-refractivity contribution in [2.45, 2.75) is 70.6 Å². The molecule has 0 saturated heterocycles. The number of hydrogen-bond donors (Lipinski definition) is 6. The van der Waals surface area contributed by atoms with Gasteiger partial charge in [0.2, 0.25) is 17.7 Å². The number of nitrogens with one attached hydrogen (secondary N) is 3. The fourth-order valence-electron chi connectivity index (χ4n) is 2.56. The molecule has 0 heterocycles. The highest BCUT2D eigenvalue weighted by Crippen LogP contribution is 2.08. The van der Waals surface area contributed by atoms with Gasteiger partial charge >= 0.3 is 11.9 Å². The molecule has 0 aromatic heterocycles. The molecule has 4 atom stereocenters. The third-order valence-corrected chi connectivity index (χ3v) is 4.97. The van der Waals surface area contributed by atoms with Crippen molar-refractivity contribution in [2.75, 3.05) is 12.0 Å². The second-order valence-electron chi connectivity index (χ2n) is 7.64. The van der Waals surface area contributed by atoms with Crippen LogP contribution in [-0.2, 0) is 24.0 Å². The molecular weight excluding hydrogens is 428 g/mol. The predicted octanol–water partition coefficient (Wildman–Crippen LogP) is -0.463. The Hall–Kier alpha value is -2.34. The van der Waals surface area contributed by atoms with Crippen molar-refractivity contribution in [3.63, 3.8) is 0 Å². The molecule has 31 heavy (non-hydrogen) atoms. The lowest BCUT2D eigenvalue weighted by atomic mass is 10.0. The summed E-state index contributed by atoms with van der Waals surface area (Å²) < 4.78 is 0. The summed E-state index contributed by atoms with van der Waals surface area (Å²) in [7, 11) is 0. The molecule has 0 aliphatic rings. The first-order valence-corrected chi connectivity index (χ1v) is 11.4. The molecular formula is C19H34N4O7S. The van der Waals surface area contributed by atoms with E-state index in [1.807, 2.05) is 20.1 Å². The number of carbonyl (C=O) groups is 5. The maximum absolute atomic E-state index is 12.6. The lowest BCUT2D eigenvalue weighted by molar-refractivity contribution is -0.142. The minimum Gasteiger partial charge on any atom is -0.481 e. The Labute approximate surface area is 186 Å². The molecule has 0 aliphatic carbocycles. The smallest absolute Gasteiger partial charge is 0.326 e. The Balaban J connectivity index is 5.02. The topological polar surface area (TPSA) is 188 Å². The number of aliphatic carboxylic acids is 2. The number of hydrogen-bond acceptors (Lipinski definition) is 7. The monoisotopic (exact) mass is 462 g/mol. The van der Waals surface area contributed by atoms with Crippen molar-refractivity contribution in [3.8, 4) is 0 Å². The van der Waals surface area contributed by atoms with Crippen LogP contribution < -0.4 is 21.7 Å². The van der Waals surface area contributed by atoms with Gasteiger partial charge in [-0.05, 0) is 44.1 Å². The van der Waals surface area contributed by atoms with Gasteiger partial charge in [0.15, 0.2) is 0 Å². The van der Waals surface area contributed by atoms with Gasteiger partial charge in [-0.3, -0.25) is 19.2 Å². The van der Waals surface area contributed by atoms with Crippen LogP contribution in [0.25, 0.3) is 0 Å². The molecule has 3 amide bonds. The second-order valence-corrected chi connectivity index (χ2v) is 8.63. The number of rotatable bonds is 15. The summed E-state index contributed by atoms with van der Waals surface area (Å²) in [5, 5.41) is 25.4. The Bertz CT molecular complexity index is 645. The minimum absolute atomic E-state index is 0.0277. The fraction of sp³-hybridized carbons (Fsp3) is 0.737. The average molecular weight is 463 g/mol. The van der Waals surface area contributed by atoms with Crippen LogP contribution in [0, 0.1) is 5.92 Å². The van der Waals surface area contributed by atoms with Crippen LogP contribution in [0.2, 0.25) is 0 Å². The number of carbonyl (C=O) groups excluding carboxylic acids is 3. The van der Waals surface area contributed by atoms with Crippen LogP contribution >= 0.6 is 11.8 Å². The highest BCUT2D eigenvalue weighted by Gasteiger charge is 2.29. The molecule has 11 nitrogen and oxygen atoms in total. The Kier molecular flexibility index (Phi) is 13.5. The standard InChI is InChI=1S/C19H34N4O7S/c1-10(2)9-14(18(28)22-13(19(29)30)7-8-31-4)23-16(26)11(3)21-17(27)12(20)5-6-15(24)25/h10-14H,5-9,20H2,1-4H3,(H,21,27)(H,22,28)(H,23,26)(H,24,25)(H,29,30). The lowest BCUT2D eigenvalue weighted by Gasteiger charge is -2.24. The van der Waals surface area contributed by atoms with E-state index < -0.39 is 53.8 Å². The molecule has 0 aromatic rings. The summed E-state index contributed by atoms with van der Waals surface area (Å²) in [5.74, 6) is -3.62. The van der Waals surface area contributed by atoms with Gasteiger partial charge in [0.05, 0.1) is 6.04 Å². The van der Waals surface area contributed by atoms with Crippen molar-refractivity contribution >= 4 is 41.4 Å². The number of carboxylic acids is 2. The molecule has 178 valence electrons. The molecule has 0 fully saturated rings. The van der Waals surface area contributed by atoms with E-state index in [0.717, 1.165) is 0 Å². The van der Waals surface area contributed by atoms with Gasteiger partial charge < -0.3 is 31.9 Å². The first kappa shape index (κ1) is 28.7. The van der Waals surface area contributed by atoms with E-state index in [1.54, 1.807) is 0 Å². The van der Waals surface area contributed by atoms with E-state index in [2.05, 4.69) is 16.0 Å². The van der Waals surface area contributed by atoms with Crippen LogP contribution in [0.3, 0.4) is 0 Å². The van der Waals surface area contributed by atoms with E-state index in [4.69, 9.17) is 10.8 Å². The SMILES string of the molecule is CSCCC(NC(=O)C(CC(C)C)NC(=O)C(C)NC(=O)C(N)CCC(=O)O)C(=O)O. The summed E-state index contributed by atoms with van der Waals surface area (Å²) in [6.07, 6.45) is 1.97. The second kappa shape index (κ2) is 14.6. The zero-order chi connectivity index (χ0) is 24.1. The summed E-state index contributed by atoms with van der Waals surface area (Å²) in [6, 6.07) is -4.17. The van der Waals surface area contributed by atoms with Crippen molar-refractivity contribution in [1.29, 1.82) is 0 Å². The zero-order valence-electron chi connectivity index (χ0n) is 18.3. The van der Waals surface area contributed by atoms with Gasteiger partial charge in [-0.2, -0.15) is 11.8 Å². The van der Waals surface area contributed by atoms with Crippen LogP contribution in [0.1, 0.15) is 46.5 Å². The third kappa shape index (κ3) is 12.2. The fourth-order valence-corrected chi connectivity index (χ4v) is 3.03. The molecule has 12 heteroatoms. The number of thioether (sulfide) groups is 1. The molecule has 0 saturated carbocycles. The first-order chi connectivity index (χ1) is 14.4. The van der Waals surface area contributed by atoms with Crippen molar-refractivity contribution in [1.82, 2.24) is 16.0 Å². The van der Waals surface area contributed by atoms with Crippen molar-refractivity contribution in [2.24, 2.45) is 11.7 Å². The third-order valence-electron chi connectivity index (χ3n) is 4.32. The van der Waals surface area contributed by atoms with Crippen molar-refractivity contribution in [3.05, 3.63) is 0 Å². The maximum atomic E-state index is 12.6. The van der Waals surface area contributed by atoms with E-state index in [9.17, 15) is 29.1 Å². The summed E-state index contributed by atoms with van der Waals surface area (Å²) in [6.45, 7) is 5.10. The molecule has 0 aromatic carbocycles. The van der Waals surface area contributed by atoms with Crippen LogP contribution in [-0.4, -0.2) is 76.0 Å². The van der Waals surface area contributed by atoms with Gasteiger partial charge in [-0.15, -0.1) is 0 Å². The van der Waals surface area contributed by atoms with E-state index in [0.29, 0.717) is 5.75 Å². The highest BCUT2D eigenvalue weighted by molar-refractivity contribution is 7.98. The van der Waals surface area contributed by atoms with E-state index in [1.165, 1.54) is 18.7 Å². The predicted molar refractivity (Wildman–Crippen MR) is 116 cm³/mol. The molecule has 0 radical (unpaired) electrons. The number of nitrogens with two attached hydrogens (primary N) is 1. The highest BCUT2D eigenvalue weighted by atomic mass is 32.2. The van der Waals surface area contributed by atoms with Gasteiger partial charge in [0.25, 0.3) is 0 Å². The van der Waals surface area contributed by atoms with Gasteiger partial charge in [0.1, 0.15) is 18.1 Å². The normalized spacial score (nSPS) is 14.8. The molecule has 0 rings (SSSR count). The van der Waals surface area contributed by atoms with Gasteiger partial charge in [-0.25, -0.2) is 4.79 Å². The number of carboxylic acid groups (broad SMARTS) is 2. The Morgan fingerprint density at radius 2 is 1.45 bits per heavy atom. The van der Waals surface area contributed by atoms with Crippen molar-refractivity contribution < 1.29 is 34.2 Å². The number of amides is 3. The molecule has 0 aliphatic heterocycles. The maximum Gasteiger partial charge on any atom is 0.326 e. The zero-order valence-corrected chi connectivity index (χ0v) is 19.2. The Morgan fingerprint density at radius 1 is 0.871 bits per heavy atom. The van der Waals surface area contributed by atoms with E-state index >= 15 is 0 Å². The quantitative estimate of drug-likeness (QED) is 0.187. The average Bonchev–Trinajstić information content (AvgIpc) is 2.67. The van der Waals surface area contributed by atoms with Crippen LogP contribution in [0.5, 0.6) is 0 Å². The van der Waals surface area contributed by atoms with Gasteiger partial charge in [-0.1, -0.05) is 13.8 Å². The first-order valence-electron chi connectivity index (χ1n) is 9.99. The largest absolute Gasteiger partial charge is 0.481 e. The lowest BCUT2D eigenvalue weighted by Crippen LogP contribution is -2.56. The summed E-state index contributed by atoms with van der Waals surface area (Å²) >= 11 is 1.45. The van der Waals surface area contributed by atoms with Crippen LogP contribution in [0.15, 0.2) is 0 Å². The van der Waals surface area contributed by atoms with Gasteiger partial charge in [0, 0.05) is 6.42 Å². The molecule has 0 bridgehead atoms. The molecule has 4 unspecified atom stereocenters. The van der Waals surface area contributed by atoms with Crippen LogP contribution in [0.4, 0.5) is 0 Å². The molecule has 7 N–H and O–H groups in total. The summed E-state index contributed by atoms with van der Waals surface area (Å²) in [5.41, 5.74) is 5.62. The molecule has 0 spiro atoms.